The smallest absolute Gasteiger partial charge is 0.0594 e. The van der Waals surface area contributed by atoms with E-state index in [-0.39, 0.29) is 12.4 Å². The highest BCUT2D eigenvalue weighted by atomic mass is 35.5. The summed E-state index contributed by atoms with van der Waals surface area (Å²) in [5.74, 6) is 0. The van der Waals surface area contributed by atoms with Crippen LogP contribution in [0.4, 0.5) is 0 Å². The number of morpholine rings is 1. The molecule has 2 nitrogen and oxygen atoms in total. The second-order valence-electron chi connectivity index (χ2n) is 6.42. The fraction of sp³-hybridized carbons (Fsp3) is 0.273. The lowest BCUT2D eigenvalue weighted by Gasteiger charge is -2.35. The van der Waals surface area contributed by atoms with E-state index in [9.17, 15) is 0 Å². The van der Waals surface area contributed by atoms with Crippen molar-refractivity contribution < 1.29 is 4.74 Å². The van der Waals surface area contributed by atoms with Crippen molar-refractivity contribution in [3.05, 3.63) is 83.9 Å². The molecule has 3 heteroatoms. The van der Waals surface area contributed by atoms with Crippen molar-refractivity contribution in [2.24, 2.45) is 0 Å². The van der Waals surface area contributed by atoms with Crippen LogP contribution in [0.25, 0.3) is 10.8 Å². The van der Waals surface area contributed by atoms with Crippen molar-refractivity contribution in [3.63, 3.8) is 0 Å². The van der Waals surface area contributed by atoms with Crippen LogP contribution in [0.3, 0.4) is 0 Å². The van der Waals surface area contributed by atoms with Crippen LogP contribution < -0.4 is 0 Å². The number of halogens is 1. The molecule has 1 unspecified atom stereocenters. The number of rotatable bonds is 4. The van der Waals surface area contributed by atoms with E-state index < -0.39 is 0 Å². The largest absolute Gasteiger partial charge is 0.379 e. The van der Waals surface area contributed by atoms with Crippen molar-refractivity contribution in [2.45, 2.75) is 12.5 Å². The van der Waals surface area contributed by atoms with E-state index >= 15 is 0 Å². The van der Waals surface area contributed by atoms with Crippen LogP contribution in [0, 0.1) is 0 Å². The van der Waals surface area contributed by atoms with Gasteiger partial charge in [-0.15, -0.1) is 12.4 Å². The second-order valence-corrected chi connectivity index (χ2v) is 6.42. The van der Waals surface area contributed by atoms with Crippen LogP contribution in [-0.4, -0.2) is 31.2 Å². The normalized spacial score (nSPS) is 16.3. The van der Waals surface area contributed by atoms with Gasteiger partial charge in [-0.2, -0.15) is 0 Å². The molecule has 1 heterocycles. The third-order valence-electron chi connectivity index (χ3n) is 4.94. The number of hydrogen-bond acceptors (Lipinski definition) is 2. The number of nitrogens with zero attached hydrogens (tertiary/aromatic N) is 1. The van der Waals surface area contributed by atoms with Crippen LogP contribution in [0.5, 0.6) is 0 Å². The van der Waals surface area contributed by atoms with Crippen molar-refractivity contribution in [2.75, 3.05) is 26.3 Å². The summed E-state index contributed by atoms with van der Waals surface area (Å²) in [6.07, 6.45) is 1.04. The molecule has 0 saturated carbocycles. The van der Waals surface area contributed by atoms with Gasteiger partial charge in [-0.05, 0) is 28.3 Å². The fourth-order valence-electron chi connectivity index (χ4n) is 3.70. The second kappa shape index (κ2) is 8.48. The van der Waals surface area contributed by atoms with Gasteiger partial charge in [-0.1, -0.05) is 72.8 Å². The van der Waals surface area contributed by atoms with Crippen LogP contribution in [0.1, 0.15) is 17.2 Å². The molecule has 0 aromatic heterocycles. The first-order valence-corrected chi connectivity index (χ1v) is 8.75. The van der Waals surface area contributed by atoms with E-state index in [4.69, 9.17) is 4.74 Å². The molecule has 0 aliphatic carbocycles. The molecule has 4 rings (SSSR count). The Morgan fingerprint density at radius 3 is 2.28 bits per heavy atom. The van der Waals surface area contributed by atoms with Gasteiger partial charge in [0.1, 0.15) is 0 Å². The van der Waals surface area contributed by atoms with Crippen LogP contribution >= 0.6 is 12.4 Å². The molecule has 0 bridgehead atoms. The summed E-state index contributed by atoms with van der Waals surface area (Å²) < 4.78 is 5.58. The van der Waals surface area contributed by atoms with E-state index in [0.29, 0.717) is 6.04 Å². The zero-order chi connectivity index (χ0) is 16.2. The summed E-state index contributed by atoms with van der Waals surface area (Å²) in [5.41, 5.74) is 2.82. The van der Waals surface area contributed by atoms with Gasteiger partial charge < -0.3 is 4.74 Å². The summed E-state index contributed by atoms with van der Waals surface area (Å²) >= 11 is 0. The Kier molecular flexibility index (Phi) is 6.09. The van der Waals surface area contributed by atoms with Crippen molar-refractivity contribution in [3.8, 4) is 0 Å². The lowest BCUT2D eigenvalue weighted by Crippen LogP contribution is -2.40. The van der Waals surface area contributed by atoms with E-state index in [2.05, 4.69) is 77.7 Å². The molecule has 130 valence electrons. The average molecular weight is 354 g/mol. The first-order valence-electron chi connectivity index (χ1n) is 8.75. The van der Waals surface area contributed by atoms with E-state index in [0.717, 1.165) is 32.7 Å². The van der Waals surface area contributed by atoms with Crippen molar-refractivity contribution >= 4 is 23.2 Å². The average Bonchev–Trinajstić information content (AvgIpc) is 2.67. The molecule has 0 spiro atoms. The minimum Gasteiger partial charge on any atom is -0.379 e. The SMILES string of the molecule is Cl.c1ccc(CC(c2cccc3ccccc23)N2CCOCC2)cc1. The topological polar surface area (TPSA) is 12.5 Å². The van der Waals surface area contributed by atoms with Crippen LogP contribution in [-0.2, 0) is 11.2 Å². The van der Waals surface area contributed by atoms with E-state index in [1.807, 2.05) is 0 Å². The van der Waals surface area contributed by atoms with Crippen LogP contribution in [0.15, 0.2) is 72.8 Å². The lowest BCUT2D eigenvalue weighted by atomic mass is 9.92. The fourth-order valence-corrected chi connectivity index (χ4v) is 3.70. The van der Waals surface area contributed by atoms with Gasteiger partial charge in [0.25, 0.3) is 0 Å². The minimum atomic E-state index is 0. The summed E-state index contributed by atoms with van der Waals surface area (Å²) in [7, 11) is 0. The van der Waals surface area contributed by atoms with Gasteiger partial charge in [0.05, 0.1) is 13.2 Å². The first kappa shape index (κ1) is 17.9. The van der Waals surface area contributed by atoms with Crippen molar-refractivity contribution in [1.29, 1.82) is 0 Å². The monoisotopic (exact) mass is 353 g/mol. The predicted molar refractivity (Wildman–Crippen MR) is 106 cm³/mol. The third-order valence-corrected chi connectivity index (χ3v) is 4.94. The highest BCUT2D eigenvalue weighted by Gasteiger charge is 2.24. The van der Waals surface area contributed by atoms with Gasteiger partial charge >= 0.3 is 0 Å². The number of hydrogen-bond donors (Lipinski definition) is 0. The molecule has 0 N–H and O–H groups in total. The molecule has 3 aromatic rings. The Morgan fingerprint density at radius 2 is 1.48 bits per heavy atom. The molecule has 1 fully saturated rings. The molecular weight excluding hydrogens is 330 g/mol. The molecule has 0 radical (unpaired) electrons. The maximum atomic E-state index is 5.58. The number of benzene rings is 3. The van der Waals surface area contributed by atoms with Gasteiger partial charge in [0.15, 0.2) is 0 Å². The summed E-state index contributed by atoms with van der Waals surface area (Å²) in [6.45, 7) is 3.66. The van der Waals surface area contributed by atoms with Gasteiger partial charge in [0.2, 0.25) is 0 Å². The van der Waals surface area contributed by atoms with Gasteiger partial charge in [0, 0.05) is 19.1 Å². The minimum absolute atomic E-state index is 0. The van der Waals surface area contributed by atoms with E-state index in [1.165, 1.54) is 21.9 Å². The summed E-state index contributed by atoms with van der Waals surface area (Å²) in [5, 5.41) is 2.69. The highest BCUT2D eigenvalue weighted by molar-refractivity contribution is 5.86. The molecule has 1 aliphatic heterocycles. The van der Waals surface area contributed by atoms with Crippen LogP contribution in [0.2, 0.25) is 0 Å². The molecule has 1 saturated heterocycles. The Labute approximate surface area is 155 Å². The Bertz CT molecular complexity index is 794. The van der Waals surface area contributed by atoms with Gasteiger partial charge in [-0.3, -0.25) is 4.90 Å². The van der Waals surface area contributed by atoms with Gasteiger partial charge in [-0.25, -0.2) is 0 Å². The first-order chi connectivity index (χ1) is 11.9. The third kappa shape index (κ3) is 4.04. The quantitative estimate of drug-likeness (QED) is 0.663. The zero-order valence-corrected chi connectivity index (χ0v) is 15.1. The molecule has 25 heavy (non-hydrogen) atoms. The lowest BCUT2D eigenvalue weighted by molar-refractivity contribution is 0.0164. The number of fused-ring (bicyclic) bond motifs is 1. The Balaban J connectivity index is 0.00000182. The maximum absolute atomic E-state index is 5.58. The summed E-state index contributed by atoms with van der Waals surface area (Å²) in [6, 6.07) is 26.6. The van der Waals surface area contributed by atoms with E-state index in [1.54, 1.807) is 0 Å². The highest BCUT2D eigenvalue weighted by Crippen LogP contribution is 2.31. The Morgan fingerprint density at radius 1 is 0.800 bits per heavy atom. The molecular formula is C22H24ClNO. The number of ether oxygens (including phenoxy) is 1. The molecule has 1 atom stereocenters. The molecule has 3 aromatic carbocycles. The molecule has 0 amide bonds. The molecule has 1 aliphatic rings. The summed E-state index contributed by atoms with van der Waals surface area (Å²) in [4.78, 5) is 2.58. The Hall–Kier alpha value is -1.87. The zero-order valence-electron chi connectivity index (χ0n) is 14.3. The maximum Gasteiger partial charge on any atom is 0.0594 e. The standard InChI is InChI=1S/C22H23NO.ClH/c1-2-7-18(8-3-1)17-22(23-13-15-24-16-14-23)21-12-6-10-19-9-4-5-11-20(19)21;/h1-12,22H,13-17H2;1H. The van der Waals surface area contributed by atoms with Crippen molar-refractivity contribution in [1.82, 2.24) is 4.90 Å². The predicted octanol–water partition coefficient (Wildman–Crippen LogP) is 4.88.